The van der Waals surface area contributed by atoms with Gasteiger partial charge in [0.15, 0.2) is 0 Å². The van der Waals surface area contributed by atoms with Crippen molar-refractivity contribution in [2.75, 3.05) is 12.3 Å². The first-order valence-corrected chi connectivity index (χ1v) is 13.6. The van der Waals surface area contributed by atoms with Crippen LogP contribution >= 0.6 is 0 Å². The molecule has 2 fully saturated rings. The first-order valence-electron chi connectivity index (χ1n) is 13.6. The number of fused-ring (bicyclic) bond motifs is 1. The Morgan fingerprint density at radius 3 is 2.59 bits per heavy atom. The molecule has 5 rings (SSSR count). The molecule has 0 spiro atoms. The first kappa shape index (κ1) is 25.4. The van der Waals surface area contributed by atoms with Gasteiger partial charge in [0.25, 0.3) is 0 Å². The molecule has 1 aliphatic heterocycles. The van der Waals surface area contributed by atoms with Crippen molar-refractivity contribution in [1.82, 2.24) is 20.5 Å². The largest absolute Gasteiger partial charge is 0.383 e. The number of nitrogens with one attached hydrogen (secondary N) is 2. The molecule has 3 aromatic rings. The molecule has 1 saturated heterocycles. The van der Waals surface area contributed by atoms with Gasteiger partial charge in [0.05, 0.1) is 12.1 Å². The number of rotatable bonds is 8. The number of nitrogens with zero attached hydrogens (tertiary/aromatic N) is 2. The molecule has 4 N–H and O–H groups in total. The molecular weight excluding hydrogens is 462 g/mol. The summed E-state index contributed by atoms with van der Waals surface area (Å²) in [6.45, 7) is 1.48. The third-order valence-corrected chi connectivity index (χ3v) is 7.80. The van der Waals surface area contributed by atoms with Crippen LogP contribution in [0.3, 0.4) is 0 Å². The minimum Gasteiger partial charge on any atom is -0.383 e. The zero-order valence-corrected chi connectivity index (χ0v) is 21.4. The lowest BCUT2D eigenvalue weighted by Gasteiger charge is -2.29. The quantitative estimate of drug-likeness (QED) is 0.434. The lowest BCUT2D eigenvalue weighted by molar-refractivity contribution is -0.134. The highest BCUT2D eigenvalue weighted by Crippen LogP contribution is 2.24. The Balaban J connectivity index is 1.25. The number of benzene rings is 2. The smallest absolute Gasteiger partial charge is 0.244 e. The van der Waals surface area contributed by atoms with E-state index in [0.717, 1.165) is 54.1 Å². The normalized spacial score (nSPS) is 19.6. The average Bonchev–Trinajstić information content (AvgIpc) is 3.38. The highest BCUT2D eigenvalue weighted by molar-refractivity contribution is 6.00. The maximum atomic E-state index is 13.4. The summed E-state index contributed by atoms with van der Waals surface area (Å²) in [5, 5.41) is 8.33. The van der Waals surface area contributed by atoms with E-state index in [4.69, 9.17) is 5.73 Å². The molecule has 0 unspecified atom stereocenters. The standard InChI is InChI=1S/C30H37N5O2/c31-28-25-14-13-22(18-23(25)15-16-32-28)20-35-17-7-12-27(35)30(37)34-29(36)26(19-21-8-3-1-4-9-21)33-24-10-5-2-6-11-24/h1,3-4,8-9,13-16,18,24,26-27,33H,2,5-7,10-12,17,19-20H2,(H2,31,32)(H,34,36,37)/t26-,27+/m1/s1. The Morgan fingerprint density at radius 1 is 0.973 bits per heavy atom. The number of amides is 2. The van der Waals surface area contributed by atoms with Gasteiger partial charge < -0.3 is 11.1 Å². The van der Waals surface area contributed by atoms with Crippen LogP contribution in [0.2, 0.25) is 0 Å². The van der Waals surface area contributed by atoms with Crippen molar-refractivity contribution >= 4 is 28.4 Å². The number of carbonyl (C=O) groups excluding carboxylic acids is 2. The van der Waals surface area contributed by atoms with Crippen molar-refractivity contribution in [2.45, 2.75) is 76.0 Å². The zero-order valence-electron chi connectivity index (χ0n) is 21.4. The number of anilines is 1. The molecule has 7 nitrogen and oxygen atoms in total. The molecule has 2 aromatic carbocycles. The Hall–Kier alpha value is -3.29. The van der Waals surface area contributed by atoms with E-state index in [0.29, 0.717) is 24.8 Å². The number of hydrogen-bond donors (Lipinski definition) is 3. The summed E-state index contributed by atoms with van der Waals surface area (Å²) < 4.78 is 0. The van der Waals surface area contributed by atoms with Crippen LogP contribution in [-0.4, -0.2) is 46.4 Å². The summed E-state index contributed by atoms with van der Waals surface area (Å²) in [5.41, 5.74) is 8.20. The summed E-state index contributed by atoms with van der Waals surface area (Å²) in [6, 6.07) is 17.7. The third kappa shape index (κ3) is 6.35. The van der Waals surface area contributed by atoms with Gasteiger partial charge >= 0.3 is 0 Å². The molecule has 0 radical (unpaired) electrons. The van der Waals surface area contributed by atoms with Crippen LogP contribution in [0.15, 0.2) is 60.8 Å². The highest BCUT2D eigenvalue weighted by atomic mass is 16.2. The van der Waals surface area contributed by atoms with E-state index in [9.17, 15) is 9.59 Å². The van der Waals surface area contributed by atoms with Gasteiger partial charge in [-0.2, -0.15) is 0 Å². The minimum absolute atomic E-state index is 0.194. The molecule has 2 aliphatic rings. The number of imide groups is 1. The Morgan fingerprint density at radius 2 is 1.78 bits per heavy atom. The number of nitrogens with two attached hydrogens (primary N) is 1. The van der Waals surface area contributed by atoms with E-state index < -0.39 is 6.04 Å². The van der Waals surface area contributed by atoms with Crippen LogP contribution in [0, 0.1) is 0 Å². The maximum Gasteiger partial charge on any atom is 0.244 e. The second-order valence-corrected chi connectivity index (χ2v) is 10.5. The Bertz CT molecular complexity index is 1230. The van der Waals surface area contributed by atoms with Crippen LogP contribution in [0.5, 0.6) is 0 Å². The summed E-state index contributed by atoms with van der Waals surface area (Å²) in [4.78, 5) is 33.1. The molecule has 2 heterocycles. The van der Waals surface area contributed by atoms with Gasteiger partial charge in [0.2, 0.25) is 11.8 Å². The van der Waals surface area contributed by atoms with Crippen molar-refractivity contribution in [3.63, 3.8) is 0 Å². The summed E-state index contributed by atoms with van der Waals surface area (Å²) in [6.07, 6.45) is 9.76. The fourth-order valence-corrected chi connectivity index (χ4v) is 5.82. The SMILES string of the molecule is Nc1nccc2cc(CN3CCC[C@H]3C(=O)NC(=O)[C@@H](Cc3ccccc3)NC3CCCCC3)ccc12. The molecule has 0 bridgehead atoms. The van der Waals surface area contributed by atoms with Crippen LogP contribution in [0.4, 0.5) is 5.82 Å². The van der Waals surface area contributed by atoms with E-state index in [1.807, 2.05) is 48.5 Å². The highest BCUT2D eigenvalue weighted by Gasteiger charge is 2.33. The van der Waals surface area contributed by atoms with E-state index in [1.165, 1.54) is 19.3 Å². The van der Waals surface area contributed by atoms with Gasteiger partial charge in [-0.3, -0.25) is 19.8 Å². The van der Waals surface area contributed by atoms with Gasteiger partial charge in [0.1, 0.15) is 5.82 Å². The average molecular weight is 500 g/mol. The van der Waals surface area contributed by atoms with Crippen LogP contribution in [0.25, 0.3) is 10.8 Å². The van der Waals surface area contributed by atoms with Gasteiger partial charge in [-0.05, 0) is 67.3 Å². The van der Waals surface area contributed by atoms with E-state index in [2.05, 4.69) is 26.6 Å². The zero-order chi connectivity index (χ0) is 25.6. The second-order valence-electron chi connectivity index (χ2n) is 10.5. The fourth-order valence-electron chi connectivity index (χ4n) is 5.82. The summed E-state index contributed by atoms with van der Waals surface area (Å²) in [5.74, 6) is 0.105. The van der Waals surface area contributed by atoms with Gasteiger partial charge in [0, 0.05) is 24.2 Å². The van der Waals surface area contributed by atoms with E-state index >= 15 is 0 Å². The lowest BCUT2D eigenvalue weighted by atomic mass is 9.94. The van der Waals surface area contributed by atoms with E-state index in [1.54, 1.807) is 6.20 Å². The van der Waals surface area contributed by atoms with Crippen LogP contribution in [-0.2, 0) is 22.6 Å². The lowest BCUT2D eigenvalue weighted by Crippen LogP contribution is -2.54. The van der Waals surface area contributed by atoms with Crippen LogP contribution in [0.1, 0.15) is 56.1 Å². The number of hydrogen-bond acceptors (Lipinski definition) is 6. The number of carbonyl (C=O) groups is 2. The summed E-state index contributed by atoms with van der Waals surface area (Å²) >= 11 is 0. The molecule has 37 heavy (non-hydrogen) atoms. The topological polar surface area (TPSA) is 100 Å². The molecule has 7 heteroatoms. The number of nitrogen functional groups attached to an aromatic ring is 1. The van der Waals surface area contributed by atoms with Crippen molar-refractivity contribution in [1.29, 1.82) is 0 Å². The third-order valence-electron chi connectivity index (χ3n) is 7.80. The first-order chi connectivity index (χ1) is 18.1. The van der Waals surface area contributed by atoms with Gasteiger partial charge in [-0.25, -0.2) is 4.98 Å². The Labute approximate surface area is 218 Å². The number of pyridine rings is 1. The molecule has 1 aromatic heterocycles. The molecule has 1 aliphatic carbocycles. The minimum atomic E-state index is -0.427. The predicted octanol–water partition coefficient (Wildman–Crippen LogP) is 3.96. The number of likely N-dealkylation sites (tertiary alicyclic amines) is 1. The molecule has 1 saturated carbocycles. The maximum absolute atomic E-state index is 13.4. The Kier molecular flexibility index (Phi) is 8.12. The van der Waals surface area contributed by atoms with Crippen molar-refractivity contribution < 1.29 is 9.59 Å². The van der Waals surface area contributed by atoms with Gasteiger partial charge in [-0.1, -0.05) is 61.7 Å². The predicted molar refractivity (Wildman–Crippen MR) is 147 cm³/mol. The van der Waals surface area contributed by atoms with Crippen molar-refractivity contribution in [3.05, 3.63) is 71.9 Å². The molecular formula is C30H37N5O2. The second kappa shape index (κ2) is 11.8. The van der Waals surface area contributed by atoms with E-state index in [-0.39, 0.29) is 17.9 Å². The molecule has 2 amide bonds. The molecule has 2 atom stereocenters. The monoisotopic (exact) mass is 499 g/mol. The van der Waals surface area contributed by atoms with Crippen LogP contribution < -0.4 is 16.4 Å². The molecule has 194 valence electrons. The van der Waals surface area contributed by atoms with Crippen molar-refractivity contribution in [3.8, 4) is 0 Å². The number of aromatic nitrogens is 1. The van der Waals surface area contributed by atoms with Gasteiger partial charge in [-0.15, -0.1) is 0 Å². The summed E-state index contributed by atoms with van der Waals surface area (Å²) in [7, 11) is 0. The van der Waals surface area contributed by atoms with Crippen molar-refractivity contribution in [2.24, 2.45) is 0 Å². The fraction of sp³-hybridized carbons (Fsp3) is 0.433.